The number of hydrogen-bond donors (Lipinski definition) is 0. The van der Waals surface area contributed by atoms with Crippen molar-refractivity contribution >= 4 is 29.1 Å². The van der Waals surface area contributed by atoms with Crippen molar-refractivity contribution < 1.29 is 4.79 Å². The monoisotopic (exact) mass is 259 g/mol. The molecule has 0 radical (unpaired) electrons. The molecule has 1 aromatic rings. The molecular weight excluding hydrogens is 245 g/mol. The zero-order valence-electron chi connectivity index (χ0n) is 9.36. The fourth-order valence-electron chi connectivity index (χ4n) is 1.42. The second kappa shape index (κ2) is 6.12. The van der Waals surface area contributed by atoms with Crippen molar-refractivity contribution in [2.24, 2.45) is 0 Å². The first-order valence-corrected chi connectivity index (χ1v) is 6.02. The third-order valence-corrected chi connectivity index (χ3v) is 2.66. The molecule has 0 aliphatic heterocycles. The van der Waals surface area contributed by atoms with Crippen molar-refractivity contribution in [2.45, 2.75) is 31.3 Å². The summed E-state index contributed by atoms with van der Waals surface area (Å²) in [7, 11) is 0. The highest BCUT2D eigenvalue weighted by Crippen LogP contribution is 2.14. The molecule has 0 bridgehead atoms. The molecule has 0 saturated carbocycles. The van der Waals surface area contributed by atoms with E-state index in [1.54, 1.807) is 4.90 Å². The van der Waals surface area contributed by atoms with Gasteiger partial charge in [0.2, 0.25) is 0 Å². The second-order valence-electron chi connectivity index (χ2n) is 3.85. The molecule has 88 valence electrons. The fraction of sp³-hybridized carbons (Fsp3) is 0.417. The van der Waals surface area contributed by atoms with Crippen LogP contribution in [0.25, 0.3) is 0 Å². The molecule has 0 saturated heterocycles. The maximum Gasteiger partial charge on any atom is 0.256 e. The molecule has 0 aliphatic carbocycles. The molecule has 0 aromatic heterocycles. The van der Waals surface area contributed by atoms with Gasteiger partial charge in [0.05, 0.1) is 0 Å². The minimum Gasteiger partial charge on any atom is -0.334 e. The molecule has 0 fully saturated rings. The number of rotatable bonds is 4. The van der Waals surface area contributed by atoms with E-state index in [4.69, 9.17) is 23.2 Å². The van der Waals surface area contributed by atoms with Gasteiger partial charge in [0.1, 0.15) is 0 Å². The van der Waals surface area contributed by atoms with Crippen LogP contribution in [0.1, 0.15) is 19.4 Å². The van der Waals surface area contributed by atoms with Gasteiger partial charge in [-0.2, -0.15) is 0 Å². The summed E-state index contributed by atoms with van der Waals surface area (Å²) < 4.78 is 0. The molecule has 0 unspecified atom stereocenters. The smallest absolute Gasteiger partial charge is 0.256 e. The van der Waals surface area contributed by atoms with Crippen LogP contribution in [0.5, 0.6) is 0 Å². The average molecular weight is 260 g/mol. The summed E-state index contributed by atoms with van der Waals surface area (Å²) in [4.78, 5) is 12.4. The van der Waals surface area contributed by atoms with Crippen molar-refractivity contribution in [3.05, 3.63) is 35.9 Å². The zero-order chi connectivity index (χ0) is 12.1. The zero-order valence-corrected chi connectivity index (χ0v) is 10.9. The molecule has 0 N–H and O–H groups in total. The molecule has 1 amide bonds. The van der Waals surface area contributed by atoms with Gasteiger partial charge in [-0.05, 0) is 19.4 Å². The normalized spacial score (nSPS) is 10.9. The Hall–Kier alpha value is -0.730. The lowest BCUT2D eigenvalue weighted by Crippen LogP contribution is -2.39. The van der Waals surface area contributed by atoms with E-state index < -0.39 is 4.84 Å². The number of hydrogen-bond acceptors (Lipinski definition) is 1. The van der Waals surface area contributed by atoms with Crippen LogP contribution in [0, 0.1) is 0 Å². The van der Waals surface area contributed by atoms with E-state index in [9.17, 15) is 4.79 Å². The van der Waals surface area contributed by atoms with E-state index in [1.165, 1.54) is 0 Å². The Kier molecular flexibility index (Phi) is 5.10. The van der Waals surface area contributed by atoms with Crippen LogP contribution in [-0.2, 0) is 11.3 Å². The summed E-state index contributed by atoms with van der Waals surface area (Å²) in [6.07, 6.45) is 0. The second-order valence-corrected chi connectivity index (χ2v) is 4.94. The first kappa shape index (κ1) is 13.3. The summed E-state index contributed by atoms with van der Waals surface area (Å²) in [5.41, 5.74) is 1.07. The van der Waals surface area contributed by atoms with Gasteiger partial charge in [0.15, 0.2) is 4.84 Å². The number of carbonyl (C=O) groups excluding carboxylic acids is 1. The third-order valence-electron chi connectivity index (χ3n) is 2.29. The van der Waals surface area contributed by atoms with E-state index >= 15 is 0 Å². The number of nitrogens with zero attached hydrogens (tertiary/aromatic N) is 1. The lowest BCUT2D eigenvalue weighted by molar-refractivity contribution is -0.131. The standard InChI is InChI=1S/C12H15Cl2NO/c1-9(2)15(12(16)11(13)14)8-10-6-4-3-5-7-10/h3-7,9,11H,8H2,1-2H3. The fourth-order valence-corrected chi connectivity index (χ4v) is 1.67. The Balaban J connectivity index is 2.77. The first-order chi connectivity index (χ1) is 7.52. The summed E-state index contributed by atoms with van der Waals surface area (Å²) in [6, 6.07) is 9.85. The molecule has 16 heavy (non-hydrogen) atoms. The Morgan fingerprint density at radius 2 is 1.81 bits per heavy atom. The molecular formula is C12H15Cl2NO. The van der Waals surface area contributed by atoms with Crippen LogP contribution < -0.4 is 0 Å². The Labute approximate surface area is 106 Å². The summed E-state index contributed by atoms with van der Waals surface area (Å²) >= 11 is 11.2. The highest BCUT2D eigenvalue weighted by Gasteiger charge is 2.22. The van der Waals surface area contributed by atoms with Crippen LogP contribution in [-0.4, -0.2) is 21.7 Å². The highest BCUT2D eigenvalue weighted by atomic mass is 35.5. The van der Waals surface area contributed by atoms with E-state index in [-0.39, 0.29) is 11.9 Å². The van der Waals surface area contributed by atoms with Gasteiger partial charge in [0.25, 0.3) is 5.91 Å². The largest absolute Gasteiger partial charge is 0.334 e. The lowest BCUT2D eigenvalue weighted by Gasteiger charge is -2.27. The molecule has 0 heterocycles. The van der Waals surface area contributed by atoms with Crippen molar-refractivity contribution in [1.82, 2.24) is 4.90 Å². The van der Waals surface area contributed by atoms with E-state index in [0.29, 0.717) is 6.54 Å². The first-order valence-electron chi connectivity index (χ1n) is 5.15. The van der Waals surface area contributed by atoms with Crippen molar-refractivity contribution in [3.63, 3.8) is 0 Å². The van der Waals surface area contributed by atoms with Gasteiger partial charge in [0, 0.05) is 12.6 Å². The van der Waals surface area contributed by atoms with Gasteiger partial charge in [-0.1, -0.05) is 53.5 Å². The van der Waals surface area contributed by atoms with Crippen LogP contribution in [0.4, 0.5) is 0 Å². The number of alkyl halides is 2. The van der Waals surface area contributed by atoms with E-state index in [1.807, 2.05) is 44.2 Å². The van der Waals surface area contributed by atoms with Crippen LogP contribution >= 0.6 is 23.2 Å². The quantitative estimate of drug-likeness (QED) is 0.761. The van der Waals surface area contributed by atoms with Crippen LogP contribution in [0.2, 0.25) is 0 Å². The van der Waals surface area contributed by atoms with Gasteiger partial charge < -0.3 is 4.90 Å². The lowest BCUT2D eigenvalue weighted by atomic mass is 10.2. The average Bonchev–Trinajstić information content (AvgIpc) is 2.26. The Bertz CT molecular complexity index is 338. The molecule has 0 aliphatic rings. The predicted molar refractivity (Wildman–Crippen MR) is 67.6 cm³/mol. The Morgan fingerprint density at radius 3 is 2.25 bits per heavy atom. The third kappa shape index (κ3) is 3.69. The van der Waals surface area contributed by atoms with Crippen LogP contribution in [0.3, 0.4) is 0 Å². The molecule has 4 heteroatoms. The predicted octanol–water partition coefficient (Wildman–Crippen LogP) is 3.23. The van der Waals surface area contributed by atoms with E-state index in [0.717, 1.165) is 5.56 Å². The molecule has 1 aromatic carbocycles. The van der Waals surface area contributed by atoms with Crippen molar-refractivity contribution in [3.8, 4) is 0 Å². The SMILES string of the molecule is CC(C)N(Cc1ccccc1)C(=O)C(Cl)Cl. The van der Waals surface area contributed by atoms with E-state index in [2.05, 4.69) is 0 Å². The topological polar surface area (TPSA) is 20.3 Å². The maximum absolute atomic E-state index is 11.8. The molecule has 2 nitrogen and oxygen atoms in total. The minimum absolute atomic E-state index is 0.0766. The Morgan fingerprint density at radius 1 is 1.25 bits per heavy atom. The summed E-state index contributed by atoms with van der Waals surface area (Å²) in [6.45, 7) is 4.42. The van der Waals surface area contributed by atoms with Crippen molar-refractivity contribution in [1.29, 1.82) is 0 Å². The van der Waals surface area contributed by atoms with Gasteiger partial charge in [-0.15, -0.1) is 0 Å². The number of benzene rings is 1. The number of halogens is 2. The maximum atomic E-state index is 11.8. The summed E-state index contributed by atoms with van der Waals surface area (Å²) in [5.74, 6) is -0.248. The summed E-state index contributed by atoms with van der Waals surface area (Å²) in [5, 5.41) is 0. The number of carbonyl (C=O) groups is 1. The molecule has 1 rings (SSSR count). The molecule has 0 spiro atoms. The van der Waals surface area contributed by atoms with Gasteiger partial charge in [-0.3, -0.25) is 4.79 Å². The minimum atomic E-state index is -0.994. The highest BCUT2D eigenvalue weighted by molar-refractivity contribution is 6.53. The van der Waals surface area contributed by atoms with Gasteiger partial charge >= 0.3 is 0 Å². The van der Waals surface area contributed by atoms with Crippen molar-refractivity contribution in [2.75, 3.05) is 0 Å². The van der Waals surface area contributed by atoms with Gasteiger partial charge in [-0.25, -0.2) is 0 Å². The molecule has 0 atom stereocenters. The van der Waals surface area contributed by atoms with Crippen LogP contribution in [0.15, 0.2) is 30.3 Å². The number of amides is 1.